The van der Waals surface area contributed by atoms with E-state index in [9.17, 15) is 17.2 Å². The highest BCUT2D eigenvalue weighted by Gasteiger charge is 2.17. The summed E-state index contributed by atoms with van der Waals surface area (Å²) in [4.78, 5) is 0.0641. The molecule has 0 aliphatic rings. The largest absolute Gasteiger partial charge is 0.495 e. The molecule has 2 aromatic rings. The third-order valence-corrected chi connectivity index (χ3v) is 5.64. The summed E-state index contributed by atoms with van der Waals surface area (Å²) in [5.41, 5.74) is 0.587. The van der Waals surface area contributed by atoms with E-state index in [1.54, 1.807) is 30.3 Å². The van der Waals surface area contributed by atoms with Gasteiger partial charge in [-0.15, -0.1) is 0 Å². The van der Waals surface area contributed by atoms with Gasteiger partial charge in [-0.1, -0.05) is 30.3 Å². The number of sulfone groups is 1. The van der Waals surface area contributed by atoms with E-state index >= 15 is 0 Å². The Morgan fingerprint density at radius 2 is 1.68 bits per heavy atom. The normalized spacial score (nSPS) is 14.1. The number of methoxy groups -OCH3 is 1. The van der Waals surface area contributed by atoms with Crippen molar-refractivity contribution in [3.05, 3.63) is 54.1 Å². The lowest BCUT2D eigenvalue weighted by Crippen LogP contribution is -2.07. The van der Waals surface area contributed by atoms with Gasteiger partial charge in [-0.05, 0) is 17.7 Å². The quantitative estimate of drug-likeness (QED) is 0.862. The van der Waals surface area contributed by atoms with Crippen molar-refractivity contribution in [1.29, 1.82) is 0 Å². The molecular formula is C15H16O5S2. The second-order valence-electron chi connectivity index (χ2n) is 4.68. The summed E-state index contributed by atoms with van der Waals surface area (Å²) in [5, 5.41) is 1.23. The lowest BCUT2D eigenvalue weighted by Gasteiger charge is -2.11. The van der Waals surface area contributed by atoms with Crippen LogP contribution in [-0.2, 0) is 19.6 Å². The maximum absolute atomic E-state index is 12.6. The smallest absolute Gasteiger partial charge is 0.175 e. The summed E-state index contributed by atoms with van der Waals surface area (Å²) in [6, 6.07) is 12.6. The summed E-state index contributed by atoms with van der Waals surface area (Å²) in [5.74, 6) is 0.0580. The molecule has 1 atom stereocenters. The Balaban J connectivity index is 2.62. The molecule has 2 rings (SSSR count). The fourth-order valence-corrected chi connectivity index (χ4v) is 3.88. The minimum absolute atomic E-state index is 0.0306. The molecule has 2 aromatic carbocycles. The number of benzene rings is 2. The number of rotatable bonds is 4. The molecule has 0 heterocycles. The molecule has 0 aromatic heterocycles. The van der Waals surface area contributed by atoms with Gasteiger partial charge in [-0.3, -0.25) is 0 Å². The zero-order valence-electron chi connectivity index (χ0n) is 12.1. The fraction of sp³-hybridized carbons (Fsp3) is 0.133. The van der Waals surface area contributed by atoms with E-state index in [0.29, 0.717) is 5.56 Å². The molecule has 0 aliphatic carbocycles. The minimum Gasteiger partial charge on any atom is -0.495 e. The van der Waals surface area contributed by atoms with Crippen LogP contribution in [0.1, 0.15) is 5.56 Å². The van der Waals surface area contributed by atoms with E-state index in [2.05, 4.69) is 0 Å². The van der Waals surface area contributed by atoms with Gasteiger partial charge in [0.1, 0.15) is 15.6 Å². The Hall–Kier alpha value is -1.83. The third kappa shape index (κ3) is 3.68. The zero-order chi connectivity index (χ0) is 16.4. The van der Waals surface area contributed by atoms with Gasteiger partial charge in [0.15, 0.2) is 9.84 Å². The number of hydrogen-bond donors (Lipinski definition) is 1. The van der Waals surface area contributed by atoms with Gasteiger partial charge in [0, 0.05) is 17.7 Å². The van der Waals surface area contributed by atoms with Crippen LogP contribution in [0.4, 0.5) is 0 Å². The van der Waals surface area contributed by atoms with E-state index in [1.807, 2.05) is 0 Å². The highest BCUT2D eigenvalue weighted by molar-refractivity contribution is 7.96. The standard InChI is InChI=1S/C15H16O5S2/c1-20-14-10-13(21(2,16)17)8-9-15(14)22(18,19)11-12-6-4-3-5-7-12/h3-11H,1-2H3,(H,18,19). The van der Waals surface area contributed by atoms with Crippen LogP contribution in [0.25, 0.3) is 0 Å². The first-order valence-electron chi connectivity index (χ1n) is 6.28. The molecule has 0 bridgehead atoms. The molecule has 0 amide bonds. The average Bonchev–Trinajstić information content (AvgIpc) is 2.46. The van der Waals surface area contributed by atoms with Gasteiger partial charge in [-0.2, -0.15) is 0 Å². The van der Waals surface area contributed by atoms with Crippen LogP contribution >= 0.6 is 0 Å². The van der Waals surface area contributed by atoms with Crippen LogP contribution < -0.4 is 4.74 Å². The SMILES string of the molecule is COc1cc(S(C)(=O)=O)ccc1S(=O)(O)=Cc1ccccc1. The maximum atomic E-state index is 12.6. The molecule has 118 valence electrons. The monoisotopic (exact) mass is 340 g/mol. The molecule has 0 spiro atoms. The van der Waals surface area contributed by atoms with Gasteiger partial charge in [0.2, 0.25) is 0 Å². The van der Waals surface area contributed by atoms with Crippen molar-refractivity contribution in [3.63, 3.8) is 0 Å². The van der Waals surface area contributed by atoms with Crippen molar-refractivity contribution in [2.24, 2.45) is 0 Å². The van der Waals surface area contributed by atoms with Crippen molar-refractivity contribution >= 4 is 25.0 Å². The Morgan fingerprint density at radius 3 is 2.23 bits per heavy atom. The van der Waals surface area contributed by atoms with E-state index in [4.69, 9.17) is 4.74 Å². The van der Waals surface area contributed by atoms with Crippen LogP contribution in [0, 0.1) is 0 Å². The molecule has 0 aliphatic heterocycles. The molecule has 7 heteroatoms. The predicted molar refractivity (Wildman–Crippen MR) is 86.7 cm³/mol. The second-order valence-corrected chi connectivity index (χ2v) is 8.51. The van der Waals surface area contributed by atoms with Crippen molar-refractivity contribution in [2.45, 2.75) is 9.79 Å². The number of hydrogen-bond acceptors (Lipinski definition) is 4. The predicted octanol–water partition coefficient (Wildman–Crippen LogP) is 2.07. The van der Waals surface area contributed by atoms with Crippen LogP contribution in [0.5, 0.6) is 5.75 Å². The molecule has 5 nitrogen and oxygen atoms in total. The Bertz CT molecular complexity index is 893. The zero-order valence-corrected chi connectivity index (χ0v) is 13.7. The van der Waals surface area contributed by atoms with Crippen molar-refractivity contribution in [1.82, 2.24) is 0 Å². The molecular weight excluding hydrogens is 324 g/mol. The molecule has 22 heavy (non-hydrogen) atoms. The lowest BCUT2D eigenvalue weighted by atomic mass is 10.2. The topological polar surface area (TPSA) is 80.7 Å². The molecule has 0 saturated heterocycles. The summed E-state index contributed by atoms with van der Waals surface area (Å²) in [7, 11) is -5.61. The lowest BCUT2D eigenvalue weighted by molar-refractivity contribution is 0.400. The summed E-state index contributed by atoms with van der Waals surface area (Å²) >= 11 is 0. The molecule has 1 unspecified atom stereocenters. The fourth-order valence-electron chi connectivity index (χ4n) is 1.90. The summed E-state index contributed by atoms with van der Waals surface area (Å²) in [6.45, 7) is 0. The number of ether oxygens (including phenoxy) is 1. The van der Waals surface area contributed by atoms with E-state index < -0.39 is 19.6 Å². The first-order valence-corrected chi connectivity index (χ1v) is 9.75. The van der Waals surface area contributed by atoms with Gasteiger partial charge in [0.25, 0.3) is 0 Å². The van der Waals surface area contributed by atoms with Gasteiger partial charge in [0.05, 0.1) is 16.9 Å². The van der Waals surface area contributed by atoms with E-state index in [-0.39, 0.29) is 15.5 Å². The Morgan fingerprint density at radius 1 is 1.05 bits per heavy atom. The molecule has 1 N–H and O–H groups in total. The van der Waals surface area contributed by atoms with Crippen molar-refractivity contribution < 1.29 is 21.9 Å². The highest BCUT2D eigenvalue weighted by atomic mass is 32.2. The molecule has 0 radical (unpaired) electrons. The second kappa shape index (κ2) is 6.12. The van der Waals surface area contributed by atoms with Gasteiger partial charge in [-0.25, -0.2) is 12.6 Å². The van der Waals surface area contributed by atoms with Crippen LogP contribution in [-0.4, -0.2) is 35.9 Å². The van der Waals surface area contributed by atoms with Gasteiger partial charge >= 0.3 is 0 Å². The van der Waals surface area contributed by atoms with Crippen LogP contribution in [0.15, 0.2) is 58.3 Å². The Labute approximate surface area is 130 Å². The first-order chi connectivity index (χ1) is 10.2. The summed E-state index contributed by atoms with van der Waals surface area (Å²) < 4.78 is 51.0. The average molecular weight is 340 g/mol. The van der Waals surface area contributed by atoms with Crippen LogP contribution in [0.3, 0.4) is 0 Å². The van der Waals surface area contributed by atoms with E-state index in [1.165, 1.54) is 30.7 Å². The summed E-state index contributed by atoms with van der Waals surface area (Å²) in [6.07, 6.45) is 1.06. The maximum Gasteiger partial charge on any atom is 0.175 e. The van der Waals surface area contributed by atoms with Gasteiger partial charge < -0.3 is 9.29 Å². The molecule has 0 fully saturated rings. The molecule has 0 saturated carbocycles. The van der Waals surface area contributed by atoms with Crippen LogP contribution in [0.2, 0.25) is 0 Å². The van der Waals surface area contributed by atoms with E-state index in [0.717, 1.165) is 6.26 Å². The third-order valence-electron chi connectivity index (χ3n) is 2.97. The van der Waals surface area contributed by atoms with Crippen molar-refractivity contribution in [2.75, 3.05) is 13.4 Å². The first kappa shape index (κ1) is 16.5. The Kier molecular flexibility index (Phi) is 4.60. The van der Waals surface area contributed by atoms with Crippen molar-refractivity contribution in [3.8, 4) is 5.75 Å². The highest BCUT2D eigenvalue weighted by Crippen LogP contribution is 2.27. The minimum atomic E-state index is -3.51.